The number of H-pyrrole nitrogens is 1. The van der Waals surface area contributed by atoms with Gasteiger partial charge in [-0.15, -0.1) is 11.3 Å². The van der Waals surface area contributed by atoms with Crippen molar-refractivity contribution >= 4 is 63.6 Å². The van der Waals surface area contributed by atoms with Gasteiger partial charge in [-0.25, -0.2) is 14.6 Å². The van der Waals surface area contributed by atoms with Crippen LogP contribution in [-0.2, 0) is 28.7 Å². The Labute approximate surface area is 344 Å². The van der Waals surface area contributed by atoms with Gasteiger partial charge in [-0.1, -0.05) is 18.5 Å². The van der Waals surface area contributed by atoms with Crippen molar-refractivity contribution in [1.82, 2.24) is 25.9 Å². The molecule has 20 heteroatoms. The van der Waals surface area contributed by atoms with E-state index in [1.54, 1.807) is 41.5 Å². The van der Waals surface area contributed by atoms with Crippen molar-refractivity contribution in [3.63, 3.8) is 0 Å². The highest BCUT2D eigenvalue weighted by molar-refractivity contribution is 7.14. The second-order valence-electron chi connectivity index (χ2n) is 15.8. The monoisotopic (exact) mass is 838 g/mol. The van der Waals surface area contributed by atoms with Crippen LogP contribution in [-0.4, -0.2) is 93.4 Å². The number of benzene rings is 1. The number of hydrogen-bond donors (Lipinski definition) is 6. The van der Waals surface area contributed by atoms with Crippen molar-refractivity contribution in [2.75, 3.05) is 23.8 Å². The summed E-state index contributed by atoms with van der Waals surface area (Å²) in [6, 6.07) is 5.23. The van der Waals surface area contributed by atoms with Gasteiger partial charge in [0.2, 0.25) is 16.9 Å². The molecule has 0 saturated carbocycles. The first-order chi connectivity index (χ1) is 27.5. The van der Waals surface area contributed by atoms with Gasteiger partial charge < -0.3 is 45.3 Å². The molecule has 0 unspecified atom stereocenters. The van der Waals surface area contributed by atoms with E-state index in [4.69, 9.17) is 19.0 Å². The molecule has 59 heavy (non-hydrogen) atoms. The van der Waals surface area contributed by atoms with Gasteiger partial charge >= 0.3 is 12.1 Å². The predicted molar refractivity (Wildman–Crippen MR) is 218 cm³/mol. The van der Waals surface area contributed by atoms with Crippen molar-refractivity contribution in [1.29, 1.82) is 0 Å². The summed E-state index contributed by atoms with van der Waals surface area (Å²) >= 11 is 0.957. The number of oxime groups is 1. The highest BCUT2D eigenvalue weighted by Crippen LogP contribution is 2.22. The standard InChI is InChI=1S/C39H50N8O11S/c1-10-11-16-55-27-19-40-23(17-26(27)48)31(50)42-22-14-12-21(13-15-22)30(49)41-18-24-28(32(51)43-24)45-33(52)29(47-58-39(8,9)34(53)56-37(2,3)4)25-20-59-35(44-25)46-36(54)57-38(5,6)7/h12-15,17,19-20,24,28H,10-11,16,18H2,1-9H3,(H,40,48)(H,41,49)(H,42,50)(H,43,51)(H,45,52)(H,44,46,54)/b47-29-/t24-,28+/m1/s1. The summed E-state index contributed by atoms with van der Waals surface area (Å²) in [6.45, 7) is 15.2. The van der Waals surface area contributed by atoms with Crippen LogP contribution in [0, 0.1) is 0 Å². The van der Waals surface area contributed by atoms with Gasteiger partial charge in [-0.05, 0) is 86.1 Å². The Hall–Kier alpha value is -6.31. The fourth-order valence-electron chi connectivity index (χ4n) is 4.86. The Bertz CT molecular complexity index is 2130. The molecule has 0 bridgehead atoms. The number of carbonyl (C=O) groups is 6. The maximum absolute atomic E-state index is 13.7. The van der Waals surface area contributed by atoms with Gasteiger partial charge in [0.15, 0.2) is 16.6 Å². The van der Waals surface area contributed by atoms with E-state index in [0.29, 0.717) is 12.3 Å². The fraction of sp³-hybridized carbons (Fsp3) is 0.462. The molecule has 19 nitrogen and oxygen atoms in total. The number of aromatic nitrogens is 2. The number of carbonyl (C=O) groups excluding carboxylic acids is 6. The van der Waals surface area contributed by atoms with Crippen LogP contribution in [0.2, 0.25) is 0 Å². The van der Waals surface area contributed by atoms with Crippen LogP contribution in [0.4, 0.5) is 15.6 Å². The maximum Gasteiger partial charge on any atom is 0.413 e. The van der Waals surface area contributed by atoms with Gasteiger partial charge in [0.05, 0.1) is 12.6 Å². The van der Waals surface area contributed by atoms with Crippen LogP contribution in [0.1, 0.15) is 102 Å². The Morgan fingerprint density at radius 2 is 1.59 bits per heavy atom. The molecular formula is C39H50N8O11S. The minimum Gasteiger partial charge on any atom is -0.488 e. The first kappa shape index (κ1) is 45.4. The number of hydrogen-bond acceptors (Lipinski definition) is 14. The number of aromatic amines is 1. The van der Waals surface area contributed by atoms with Gasteiger partial charge in [-0.3, -0.25) is 29.3 Å². The molecule has 3 heterocycles. The molecular weight excluding hydrogens is 789 g/mol. The van der Waals surface area contributed by atoms with Crippen LogP contribution in [0.25, 0.3) is 0 Å². The number of thiazole rings is 1. The molecule has 0 radical (unpaired) electrons. The molecule has 1 aromatic carbocycles. The predicted octanol–water partition coefficient (Wildman–Crippen LogP) is 3.86. The van der Waals surface area contributed by atoms with E-state index in [9.17, 15) is 33.6 Å². The van der Waals surface area contributed by atoms with Crippen LogP contribution in [0.5, 0.6) is 5.75 Å². The second kappa shape index (κ2) is 19.0. The Balaban J connectivity index is 1.40. The van der Waals surface area contributed by atoms with Crippen LogP contribution in [0.15, 0.2) is 51.9 Å². The quantitative estimate of drug-likeness (QED) is 0.0395. The lowest BCUT2D eigenvalue weighted by atomic mass is 9.98. The number of ether oxygens (including phenoxy) is 3. The molecule has 5 amide bonds. The number of unbranched alkanes of at least 4 members (excludes halogenated alkanes) is 1. The van der Waals surface area contributed by atoms with Crippen molar-refractivity contribution in [3.05, 3.63) is 69.1 Å². The van der Waals surface area contributed by atoms with Crippen LogP contribution in [0.3, 0.4) is 0 Å². The Kier molecular flexibility index (Phi) is 14.6. The second-order valence-corrected chi connectivity index (χ2v) is 16.7. The summed E-state index contributed by atoms with van der Waals surface area (Å²) in [5, 5.41) is 18.5. The number of esters is 1. The molecule has 2 aromatic heterocycles. The lowest BCUT2D eigenvalue weighted by Gasteiger charge is -2.37. The summed E-state index contributed by atoms with van der Waals surface area (Å²) in [5.74, 6) is -3.19. The average Bonchev–Trinajstić information content (AvgIpc) is 3.59. The van der Waals surface area contributed by atoms with Gasteiger partial charge in [-0.2, -0.15) is 0 Å². The summed E-state index contributed by atoms with van der Waals surface area (Å²) in [6.07, 6.45) is 2.24. The van der Waals surface area contributed by atoms with Crippen molar-refractivity contribution in [2.45, 2.75) is 104 Å². The fourth-order valence-corrected chi connectivity index (χ4v) is 5.54. The molecule has 318 valence electrons. The molecule has 6 N–H and O–H groups in total. The molecule has 2 atom stereocenters. The van der Waals surface area contributed by atoms with E-state index in [1.807, 2.05) is 6.92 Å². The number of anilines is 2. The van der Waals surface area contributed by atoms with Gasteiger partial charge in [0.1, 0.15) is 28.6 Å². The zero-order valence-electron chi connectivity index (χ0n) is 34.3. The zero-order chi connectivity index (χ0) is 43.7. The molecule has 0 spiro atoms. The topological polar surface area (TPSA) is 258 Å². The third-order valence-corrected chi connectivity index (χ3v) is 8.65. The number of nitrogens with one attached hydrogen (secondary N) is 6. The van der Waals surface area contributed by atoms with Crippen molar-refractivity contribution < 1.29 is 47.8 Å². The van der Waals surface area contributed by atoms with Gasteiger partial charge in [0, 0.05) is 35.4 Å². The summed E-state index contributed by atoms with van der Waals surface area (Å²) in [4.78, 5) is 102. The maximum atomic E-state index is 13.7. The third kappa shape index (κ3) is 13.4. The van der Waals surface area contributed by atoms with E-state index in [0.717, 1.165) is 30.2 Å². The number of nitrogens with zero attached hydrogens (tertiary/aromatic N) is 2. The number of pyridine rings is 1. The van der Waals surface area contributed by atoms with Crippen molar-refractivity contribution in [3.8, 4) is 5.75 Å². The van der Waals surface area contributed by atoms with Crippen LogP contribution >= 0.6 is 11.3 Å². The summed E-state index contributed by atoms with van der Waals surface area (Å²) in [5.41, 5.74) is -3.61. The molecule has 1 aliphatic heterocycles. The zero-order valence-corrected chi connectivity index (χ0v) is 35.1. The molecule has 0 aliphatic carbocycles. The minimum atomic E-state index is -1.66. The first-order valence-electron chi connectivity index (χ1n) is 18.7. The van der Waals surface area contributed by atoms with Crippen molar-refractivity contribution in [2.24, 2.45) is 5.16 Å². The highest BCUT2D eigenvalue weighted by Gasteiger charge is 2.42. The Morgan fingerprint density at radius 1 is 0.915 bits per heavy atom. The molecule has 1 aliphatic rings. The highest BCUT2D eigenvalue weighted by atomic mass is 32.1. The van der Waals surface area contributed by atoms with Crippen LogP contribution < -0.4 is 36.7 Å². The lowest BCUT2D eigenvalue weighted by molar-refractivity contribution is -0.179. The first-order valence-corrected chi connectivity index (χ1v) is 19.5. The summed E-state index contributed by atoms with van der Waals surface area (Å²) < 4.78 is 16.1. The molecule has 1 fully saturated rings. The number of amides is 5. The average molecular weight is 839 g/mol. The van der Waals surface area contributed by atoms with E-state index >= 15 is 0 Å². The Morgan fingerprint density at radius 3 is 2.20 bits per heavy atom. The molecule has 1 saturated heterocycles. The number of β-lactam (4-membered cyclic amide) rings is 1. The molecule has 3 aromatic rings. The number of rotatable bonds is 16. The lowest BCUT2D eigenvalue weighted by Crippen LogP contribution is -2.72. The van der Waals surface area contributed by atoms with E-state index in [1.165, 1.54) is 49.7 Å². The molecule has 4 rings (SSSR count). The summed E-state index contributed by atoms with van der Waals surface area (Å²) in [7, 11) is 0. The minimum absolute atomic E-state index is 0.0194. The van der Waals surface area contributed by atoms with E-state index in [2.05, 4.69) is 41.7 Å². The third-order valence-electron chi connectivity index (χ3n) is 7.89. The normalized spacial score (nSPS) is 15.5. The smallest absolute Gasteiger partial charge is 0.413 e. The van der Waals surface area contributed by atoms with E-state index in [-0.39, 0.29) is 34.4 Å². The van der Waals surface area contributed by atoms with Gasteiger partial charge in [0.25, 0.3) is 17.7 Å². The van der Waals surface area contributed by atoms with E-state index < -0.39 is 75.7 Å². The largest absolute Gasteiger partial charge is 0.488 e. The SMILES string of the molecule is CCCCOc1c[nH]c(C(=O)Nc2ccc(C(=O)NC[C@H]3NC(=O)[C@H]3NC(=O)/C(=N\OC(C)(C)C(=O)OC(C)(C)C)c3csc(NC(=O)OC(C)(C)C)n3)cc2)cc1=O.